The number of nitrogens with one attached hydrogen (secondary N) is 1. The van der Waals surface area contributed by atoms with Crippen molar-refractivity contribution in [3.8, 4) is 0 Å². The lowest BCUT2D eigenvalue weighted by Crippen LogP contribution is -2.15. The summed E-state index contributed by atoms with van der Waals surface area (Å²) in [5.41, 5.74) is 2.90. The first-order chi connectivity index (χ1) is 9.97. The molecule has 21 heavy (non-hydrogen) atoms. The third kappa shape index (κ3) is 2.29. The van der Waals surface area contributed by atoms with Gasteiger partial charge in [-0.05, 0) is 19.1 Å². The summed E-state index contributed by atoms with van der Waals surface area (Å²) in [5, 5.41) is 8.67. The number of hydrogen-bond donors (Lipinski definition) is 1. The Morgan fingerprint density at radius 1 is 1.33 bits per heavy atom. The highest BCUT2D eigenvalue weighted by Gasteiger charge is 2.16. The minimum absolute atomic E-state index is 0.180. The fraction of sp³-hybridized carbons (Fsp3) is 0.200. The van der Waals surface area contributed by atoms with Gasteiger partial charge in [-0.3, -0.25) is 9.48 Å². The molecule has 0 saturated heterocycles. The molecule has 0 bridgehead atoms. The van der Waals surface area contributed by atoms with E-state index in [0.717, 1.165) is 16.6 Å². The molecule has 2 heterocycles. The Labute approximate surface area is 127 Å². The standard InChI is InChI=1S/C15H15ClN4O/c1-9-12(8-19(2)18-9)17-15(21)13-7-10-5-4-6-11(16)14(10)20(13)3/h4-8H,1-3H3,(H,17,21). The van der Waals surface area contributed by atoms with Crippen LogP contribution in [0.2, 0.25) is 5.02 Å². The molecule has 108 valence electrons. The predicted octanol–water partition coefficient (Wildman–Crippen LogP) is 3.13. The Bertz CT molecular complexity index is 847. The molecule has 0 radical (unpaired) electrons. The van der Waals surface area contributed by atoms with Gasteiger partial charge in [0.2, 0.25) is 0 Å². The van der Waals surface area contributed by atoms with Crippen molar-refractivity contribution in [2.75, 3.05) is 5.32 Å². The van der Waals surface area contributed by atoms with E-state index >= 15 is 0 Å². The number of benzene rings is 1. The minimum atomic E-state index is -0.180. The van der Waals surface area contributed by atoms with E-state index in [1.54, 1.807) is 15.4 Å². The number of para-hydroxylation sites is 1. The summed E-state index contributed by atoms with van der Waals surface area (Å²) in [4.78, 5) is 12.5. The SMILES string of the molecule is Cc1nn(C)cc1NC(=O)c1cc2cccc(Cl)c2n1C. The van der Waals surface area contributed by atoms with E-state index in [2.05, 4.69) is 10.4 Å². The Balaban J connectivity index is 2.00. The maximum atomic E-state index is 12.5. The number of aromatic nitrogens is 3. The van der Waals surface area contributed by atoms with Crippen LogP contribution < -0.4 is 5.32 Å². The molecule has 0 aliphatic carbocycles. The van der Waals surface area contributed by atoms with E-state index in [4.69, 9.17) is 11.6 Å². The summed E-state index contributed by atoms with van der Waals surface area (Å²) in [6.45, 7) is 1.86. The molecule has 5 nitrogen and oxygen atoms in total. The summed E-state index contributed by atoms with van der Waals surface area (Å²) in [7, 11) is 3.65. The fourth-order valence-corrected chi connectivity index (χ4v) is 2.80. The smallest absolute Gasteiger partial charge is 0.272 e. The van der Waals surface area contributed by atoms with Gasteiger partial charge in [-0.1, -0.05) is 23.7 Å². The number of halogens is 1. The quantitative estimate of drug-likeness (QED) is 0.790. The summed E-state index contributed by atoms with van der Waals surface area (Å²) in [5.74, 6) is -0.180. The molecular weight excluding hydrogens is 288 g/mol. The minimum Gasteiger partial charge on any atom is -0.338 e. The molecule has 0 aliphatic heterocycles. The van der Waals surface area contributed by atoms with Gasteiger partial charge in [0, 0.05) is 25.7 Å². The Morgan fingerprint density at radius 3 is 2.71 bits per heavy atom. The number of carbonyl (C=O) groups is 1. The summed E-state index contributed by atoms with van der Waals surface area (Å²) in [6.07, 6.45) is 1.78. The second kappa shape index (κ2) is 4.93. The van der Waals surface area contributed by atoms with Gasteiger partial charge in [0.15, 0.2) is 0 Å². The molecule has 0 saturated carbocycles. The van der Waals surface area contributed by atoms with Crippen molar-refractivity contribution in [1.29, 1.82) is 0 Å². The Kier molecular flexibility index (Phi) is 3.22. The van der Waals surface area contributed by atoms with Gasteiger partial charge >= 0.3 is 0 Å². The molecule has 6 heteroatoms. The van der Waals surface area contributed by atoms with Crippen LogP contribution in [0.15, 0.2) is 30.5 Å². The predicted molar refractivity (Wildman–Crippen MR) is 83.8 cm³/mol. The number of anilines is 1. The monoisotopic (exact) mass is 302 g/mol. The van der Waals surface area contributed by atoms with E-state index in [1.165, 1.54) is 0 Å². The van der Waals surface area contributed by atoms with Crippen LogP contribution in [0.3, 0.4) is 0 Å². The highest BCUT2D eigenvalue weighted by molar-refractivity contribution is 6.35. The first kappa shape index (κ1) is 13.7. The zero-order chi connectivity index (χ0) is 15.1. The number of aryl methyl sites for hydroxylation is 3. The summed E-state index contributed by atoms with van der Waals surface area (Å²) < 4.78 is 3.47. The summed E-state index contributed by atoms with van der Waals surface area (Å²) in [6, 6.07) is 7.46. The van der Waals surface area contributed by atoms with Gasteiger partial charge in [-0.2, -0.15) is 5.10 Å². The van der Waals surface area contributed by atoms with Crippen molar-refractivity contribution in [1.82, 2.24) is 14.3 Å². The van der Waals surface area contributed by atoms with Crippen LogP contribution in [0.1, 0.15) is 16.2 Å². The van der Waals surface area contributed by atoms with Crippen molar-refractivity contribution in [3.05, 3.63) is 46.9 Å². The third-order valence-corrected chi connectivity index (χ3v) is 3.81. The van der Waals surface area contributed by atoms with Crippen molar-refractivity contribution < 1.29 is 4.79 Å². The van der Waals surface area contributed by atoms with Crippen LogP contribution in [-0.2, 0) is 14.1 Å². The summed E-state index contributed by atoms with van der Waals surface area (Å²) >= 11 is 6.20. The van der Waals surface area contributed by atoms with E-state index in [9.17, 15) is 4.79 Å². The van der Waals surface area contributed by atoms with E-state index in [1.807, 2.05) is 45.3 Å². The van der Waals surface area contributed by atoms with E-state index < -0.39 is 0 Å². The molecule has 2 aromatic heterocycles. The molecule has 1 amide bonds. The Hall–Kier alpha value is -2.27. The van der Waals surface area contributed by atoms with Gasteiger partial charge in [0.1, 0.15) is 5.69 Å². The van der Waals surface area contributed by atoms with Crippen molar-refractivity contribution in [2.45, 2.75) is 6.92 Å². The first-order valence-corrected chi connectivity index (χ1v) is 6.90. The molecule has 0 fully saturated rings. The molecule has 1 N–H and O–H groups in total. The van der Waals surface area contributed by atoms with Crippen LogP contribution in [0.4, 0.5) is 5.69 Å². The molecule has 0 aliphatic rings. The molecule has 0 atom stereocenters. The van der Waals surface area contributed by atoms with Gasteiger partial charge in [0.05, 0.1) is 21.9 Å². The van der Waals surface area contributed by atoms with Crippen LogP contribution in [0.5, 0.6) is 0 Å². The van der Waals surface area contributed by atoms with Crippen LogP contribution >= 0.6 is 11.6 Å². The van der Waals surface area contributed by atoms with Crippen molar-refractivity contribution in [3.63, 3.8) is 0 Å². The normalized spacial score (nSPS) is 11.0. The average Bonchev–Trinajstić information content (AvgIpc) is 2.91. The highest BCUT2D eigenvalue weighted by atomic mass is 35.5. The average molecular weight is 303 g/mol. The second-order valence-electron chi connectivity index (χ2n) is 5.02. The third-order valence-electron chi connectivity index (χ3n) is 3.50. The number of fused-ring (bicyclic) bond motifs is 1. The lowest BCUT2D eigenvalue weighted by atomic mass is 10.2. The molecule has 0 spiro atoms. The topological polar surface area (TPSA) is 51.9 Å². The molecule has 1 aromatic carbocycles. The molecule has 3 aromatic rings. The second-order valence-corrected chi connectivity index (χ2v) is 5.43. The van der Waals surface area contributed by atoms with Crippen LogP contribution in [0.25, 0.3) is 10.9 Å². The maximum absolute atomic E-state index is 12.5. The number of nitrogens with zero attached hydrogens (tertiary/aromatic N) is 3. The zero-order valence-corrected chi connectivity index (χ0v) is 12.8. The molecular formula is C15H15ClN4O. The fourth-order valence-electron chi connectivity index (χ4n) is 2.49. The van der Waals surface area contributed by atoms with Gasteiger partial charge in [-0.15, -0.1) is 0 Å². The number of carbonyl (C=O) groups excluding carboxylic acids is 1. The van der Waals surface area contributed by atoms with E-state index in [0.29, 0.717) is 16.4 Å². The van der Waals surface area contributed by atoms with Crippen LogP contribution in [0, 0.1) is 6.92 Å². The number of rotatable bonds is 2. The molecule has 0 unspecified atom stereocenters. The lowest BCUT2D eigenvalue weighted by molar-refractivity contribution is 0.101. The van der Waals surface area contributed by atoms with Gasteiger partial charge in [0.25, 0.3) is 5.91 Å². The lowest BCUT2D eigenvalue weighted by Gasteiger charge is -2.06. The number of hydrogen-bond acceptors (Lipinski definition) is 2. The zero-order valence-electron chi connectivity index (χ0n) is 12.0. The first-order valence-electron chi connectivity index (χ1n) is 6.53. The Morgan fingerprint density at radius 2 is 2.10 bits per heavy atom. The van der Waals surface area contributed by atoms with Crippen molar-refractivity contribution >= 4 is 34.1 Å². The largest absolute Gasteiger partial charge is 0.338 e. The highest BCUT2D eigenvalue weighted by Crippen LogP contribution is 2.26. The van der Waals surface area contributed by atoms with Gasteiger partial charge < -0.3 is 9.88 Å². The van der Waals surface area contributed by atoms with E-state index in [-0.39, 0.29) is 5.91 Å². The molecule has 3 rings (SSSR count). The maximum Gasteiger partial charge on any atom is 0.272 e. The number of amides is 1. The van der Waals surface area contributed by atoms with Crippen LogP contribution in [-0.4, -0.2) is 20.3 Å². The van der Waals surface area contributed by atoms with Gasteiger partial charge in [-0.25, -0.2) is 0 Å². The van der Waals surface area contributed by atoms with Crippen molar-refractivity contribution in [2.24, 2.45) is 14.1 Å².